The lowest BCUT2D eigenvalue weighted by molar-refractivity contribution is 0.282. The lowest BCUT2D eigenvalue weighted by atomic mass is 10.1. The summed E-state index contributed by atoms with van der Waals surface area (Å²) in [5, 5.41) is 9.42. The molecular formula is C11H9ClN2O. The third kappa shape index (κ3) is 2.14. The average molecular weight is 221 g/mol. The Morgan fingerprint density at radius 1 is 1.20 bits per heavy atom. The first-order valence-corrected chi connectivity index (χ1v) is 4.84. The quantitative estimate of drug-likeness (QED) is 0.845. The molecule has 0 aliphatic carbocycles. The molecule has 0 saturated heterocycles. The minimum atomic E-state index is 0.0395. The van der Waals surface area contributed by atoms with Gasteiger partial charge in [-0.2, -0.15) is 0 Å². The SMILES string of the molecule is OCc1ccc(-c2ncncc2Cl)cc1. The van der Waals surface area contributed by atoms with Gasteiger partial charge < -0.3 is 5.11 Å². The van der Waals surface area contributed by atoms with E-state index < -0.39 is 0 Å². The van der Waals surface area contributed by atoms with Crippen molar-refractivity contribution < 1.29 is 5.11 Å². The Balaban J connectivity index is 2.42. The Morgan fingerprint density at radius 2 is 1.93 bits per heavy atom. The van der Waals surface area contributed by atoms with Gasteiger partial charge in [-0.25, -0.2) is 9.97 Å². The zero-order chi connectivity index (χ0) is 10.7. The molecule has 0 fully saturated rings. The fourth-order valence-corrected chi connectivity index (χ4v) is 1.51. The normalized spacial score (nSPS) is 10.3. The molecule has 0 aliphatic heterocycles. The first-order chi connectivity index (χ1) is 7.31. The predicted octanol–water partition coefficient (Wildman–Crippen LogP) is 2.29. The van der Waals surface area contributed by atoms with Crippen LogP contribution in [-0.4, -0.2) is 15.1 Å². The highest BCUT2D eigenvalue weighted by atomic mass is 35.5. The minimum absolute atomic E-state index is 0.0395. The largest absolute Gasteiger partial charge is 0.392 e. The van der Waals surface area contributed by atoms with Crippen molar-refractivity contribution in [2.45, 2.75) is 6.61 Å². The van der Waals surface area contributed by atoms with E-state index in [0.717, 1.165) is 11.1 Å². The monoisotopic (exact) mass is 220 g/mol. The molecule has 1 aromatic heterocycles. The molecular weight excluding hydrogens is 212 g/mol. The van der Waals surface area contributed by atoms with Crippen LogP contribution in [0.2, 0.25) is 5.02 Å². The van der Waals surface area contributed by atoms with Crippen LogP contribution in [0, 0.1) is 0 Å². The fraction of sp³-hybridized carbons (Fsp3) is 0.0909. The van der Waals surface area contributed by atoms with Crippen LogP contribution in [0.1, 0.15) is 5.56 Å². The molecule has 0 aliphatic rings. The number of nitrogens with zero attached hydrogens (tertiary/aromatic N) is 2. The van der Waals surface area contributed by atoms with Crippen LogP contribution in [0.4, 0.5) is 0 Å². The Labute approximate surface area is 92.4 Å². The molecule has 2 aromatic rings. The Hall–Kier alpha value is -1.45. The molecule has 15 heavy (non-hydrogen) atoms. The molecule has 0 unspecified atom stereocenters. The van der Waals surface area contributed by atoms with Crippen molar-refractivity contribution in [2.75, 3.05) is 0 Å². The first kappa shape index (κ1) is 10.1. The van der Waals surface area contributed by atoms with Gasteiger partial charge in [0, 0.05) is 11.8 Å². The summed E-state index contributed by atoms with van der Waals surface area (Å²) in [6.45, 7) is 0.0395. The minimum Gasteiger partial charge on any atom is -0.392 e. The Kier molecular flexibility index (Phi) is 2.94. The number of aliphatic hydroxyl groups excluding tert-OH is 1. The van der Waals surface area contributed by atoms with Crippen molar-refractivity contribution in [3.05, 3.63) is 47.4 Å². The van der Waals surface area contributed by atoms with Gasteiger partial charge in [0.05, 0.1) is 17.3 Å². The zero-order valence-corrected chi connectivity index (χ0v) is 8.65. The second-order valence-corrected chi connectivity index (χ2v) is 3.48. The van der Waals surface area contributed by atoms with Crippen LogP contribution >= 0.6 is 11.6 Å². The van der Waals surface area contributed by atoms with Gasteiger partial charge in [0.25, 0.3) is 0 Å². The van der Waals surface area contributed by atoms with Crippen LogP contribution in [0.15, 0.2) is 36.8 Å². The second kappa shape index (κ2) is 4.38. The Bertz CT molecular complexity index is 456. The van der Waals surface area contributed by atoms with Gasteiger partial charge >= 0.3 is 0 Å². The third-order valence-electron chi connectivity index (χ3n) is 2.08. The summed E-state index contributed by atoms with van der Waals surface area (Å²) in [4.78, 5) is 7.92. The fourth-order valence-electron chi connectivity index (χ4n) is 1.29. The first-order valence-electron chi connectivity index (χ1n) is 4.47. The average Bonchev–Trinajstić information content (AvgIpc) is 2.30. The molecule has 0 radical (unpaired) electrons. The van der Waals surface area contributed by atoms with Crippen LogP contribution in [0.25, 0.3) is 11.3 Å². The summed E-state index contributed by atoms with van der Waals surface area (Å²) in [5.41, 5.74) is 2.49. The molecule has 0 atom stereocenters. The summed E-state index contributed by atoms with van der Waals surface area (Å²) in [7, 11) is 0. The smallest absolute Gasteiger partial charge is 0.116 e. The summed E-state index contributed by atoms with van der Waals surface area (Å²) < 4.78 is 0. The lowest BCUT2D eigenvalue weighted by Gasteiger charge is -2.03. The zero-order valence-electron chi connectivity index (χ0n) is 7.89. The number of rotatable bonds is 2. The van der Waals surface area contributed by atoms with Gasteiger partial charge in [-0.15, -0.1) is 0 Å². The molecule has 0 bridgehead atoms. The van der Waals surface area contributed by atoms with Crippen molar-refractivity contribution in [3.63, 3.8) is 0 Å². The van der Waals surface area contributed by atoms with Crippen molar-refractivity contribution >= 4 is 11.6 Å². The maximum Gasteiger partial charge on any atom is 0.116 e. The van der Waals surface area contributed by atoms with Gasteiger partial charge in [0.2, 0.25) is 0 Å². The number of hydrogen-bond donors (Lipinski definition) is 1. The van der Waals surface area contributed by atoms with Crippen molar-refractivity contribution in [2.24, 2.45) is 0 Å². The van der Waals surface area contributed by atoms with E-state index in [9.17, 15) is 0 Å². The third-order valence-corrected chi connectivity index (χ3v) is 2.35. The van der Waals surface area contributed by atoms with Crippen LogP contribution in [0.5, 0.6) is 0 Å². The summed E-state index contributed by atoms with van der Waals surface area (Å²) in [6, 6.07) is 7.43. The van der Waals surface area contributed by atoms with Crippen molar-refractivity contribution in [3.8, 4) is 11.3 Å². The molecule has 4 heteroatoms. The molecule has 1 N–H and O–H groups in total. The van der Waals surface area contributed by atoms with E-state index in [1.807, 2.05) is 24.3 Å². The maximum atomic E-state index is 8.90. The van der Waals surface area contributed by atoms with Gasteiger partial charge in [-0.1, -0.05) is 35.9 Å². The van der Waals surface area contributed by atoms with E-state index in [2.05, 4.69) is 9.97 Å². The van der Waals surface area contributed by atoms with Gasteiger partial charge in [-0.3, -0.25) is 0 Å². The molecule has 2 rings (SSSR count). The number of hydrogen-bond acceptors (Lipinski definition) is 3. The van der Waals surface area contributed by atoms with E-state index in [1.165, 1.54) is 6.33 Å². The van der Waals surface area contributed by atoms with Crippen molar-refractivity contribution in [1.29, 1.82) is 0 Å². The summed E-state index contributed by atoms with van der Waals surface area (Å²) in [5.74, 6) is 0. The highest BCUT2D eigenvalue weighted by Crippen LogP contribution is 2.24. The molecule has 0 saturated carbocycles. The molecule has 0 amide bonds. The summed E-state index contributed by atoms with van der Waals surface area (Å²) in [6.07, 6.45) is 3.02. The summed E-state index contributed by atoms with van der Waals surface area (Å²) >= 11 is 5.96. The van der Waals surface area contributed by atoms with E-state index in [-0.39, 0.29) is 6.61 Å². The number of benzene rings is 1. The molecule has 3 nitrogen and oxygen atoms in total. The molecule has 1 heterocycles. The number of aliphatic hydroxyl groups is 1. The van der Waals surface area contributed by atoms with Crippen LogP contribution in [0.3, 0.4) is 0 Å². The van der Waals surface area contributed by atoms with E-state index in [0.29, 0.717) is 10.7 Å². The van der Waals surface area contributed by atoms with Crippen LogP contribution in [-0.2, 0) is 6.61 Å². The Morgan fingerprint density at radius 3 is 2.53 bits per heavy atom. The molecule has 76 valence electrons. The van der Waals surface area contributed by atoms with Gasteiger partial charge in [0.15, 0.2) is 0 Å². The second-order valence-electron chi connectivity index (χ2n) is 3.07. The molecule has 1 aromatic carbocycles. The highest BCUT2D eigenvalue weighted by Gasteiger charge is 2.03. The topological polar surface area (TPSA) is 46.0 Å². The predicted molar refractivity (Wildman–Crippen MR) is 58.4 cm³/mol. The van der Waals surface area contributed by atoms with Crippen molar-refractivity contribution in [1.82, 2.24) is 9.97 Å². The van der Waals surface area contributed by atoms with E-state index in [4.69, 9.17) is 16.7 Å². The highest BCUT2D eigenvalue weighted by molar-refractivity contribution is 6.32. The number of aromatic nitrogens is 2. The van der Waals surface area contributed by atoms with Gasteiger partial charge in [-0.05, 0) is 5.56 Å². The van der Waals surface area contributed by atoms with E-state index >= 15 is 0 Å². The lowest BCUT2D eigenvalue weighted by Crippen LogP contribution is -1.87. The standard InChI is InChI=1S/C11H9ClN2O/c12-10-5-13-7-14-11(10)9-3-1-8(6-15)2-4-9/h1-5,7,15H,6H2. The number of halogens is 1. The van der Waals surface area contributed by atoms with Gasteiger partial charge in [0.1, 0.15) is 6.33 Å². The van der Waals surface area contributed by atoms with Crippen LogP contribution < -0.4 is 0 Å². The van der Waals surface area contributed by atoms with E-state index in [1.54, 1.807) is 6.20 Å². The molecule has 0 spiro atoms. The maximum absolute atomic E-state index is 8.90.